The molecule has 0 fully saturated rings. The van der Waals surface area contributed by atoms with Crippen LogP contribution >= 0.6 is 23.2 Å². The summed E-state index contributed by atoms with van der Waals surface area (Å²) >= 11 is 11.5. The molecule has 5 nitrogen and oxygen atoms in total. The Kier molecular flexibility index (Phi) is 4.99. The highest BCUT2D eigenvalue weighted by Gasteiger charge is 2.11. The van der Waals surface area contributed by atoms with Gasteiger partial charge in [0.2, 0.25) is 0 Å². The summed E-state index contributed by atoms with van der Waals surface area (Å²) < 4.78 is 5.23. The number of anilines is 1. The van der Waals surface area contributed by atoms with E-state index in [4.69, 9.17) is 33.2 Å². The molecule has 1 heterocycles. The number of carbonyl (C=O) groups is 1. The minimum absolute atomic E-state index is 0.111. The van der Waals surface area contributed by atoms with Crippen molar-refractivity contribution in [2.45, 2.75) is 0 Å². The third-order valence-electron chi connectivity index (χ3n) is 2.45. The first-order chi connectivity index (χ1) is 10.1. The number of ether oxygens (including phenoxy) is 1. The summed E-state index contributed by atoms with van der Waals surface area (Å²) in [5, 5.41) is 11.5. The predicted octanol–water partition coefficient (Wildman–Crippen LogP) is 3.54. The summed E-state index contributed by atoms with van der Waals surface area (Å²) in [6, 6.07) is 11.5. The van der Waals surface area contributed by atoms with Gasteiger partial charge in [0.15, 0.2) is 6.61 Å². The van der Waals surface area contributed by atoms with E-state index in [1.807, 2.05) is 6.07 Å². The van der Waals surface area contributed by atoms with Crippen LogP contribution in [0.4, 0.5) is 5.69 Å². The van der Waals surface area contributed by atoms with Gasteiger partial charge in [-0.25, -0.2) is 4.98 Å². The van der Waals surface area contributed by atoms with Gasteiger partial charge >= 0.3 is 0 Å². The number of pyridine rings is 1. The number of hydrogen-bond donors (Lipinski definition) is 1. The molecule has 0 aliphatic rings. The van der Waals surface area contributed by atoms with Crippen molar-refractivity contribution >= 4 is 34.8 Å². The lowest BCUT2D eigenvalue weighted by Crippen LogP contribution is -2.13. The molecule has 0 saturated carbocycles. The second kappa shape index (κ2) is 6.93. The number of nitrogens with zero attached hydrogens (tertiary/aromatic N) is 2. The molecule has 0 spiro atoms. The van der Waals surface area contributed by atoms with E-state index in [0.29, 0.717) is 11.4 Å². The highest BCUT2D eigenvalue weighted by atomic mass is 35.5. The Morgan fingerprint density at radius 2 is 1.95 bits per heavy atom. The Hall–Kier alpha value is -2.29. The smallest absolute Gasteiger partial charge is 0.255 e. The standard InChI is InChI=1S/C14H9Cl2N3O2/c15-12-7-9(8-13(16)19-12)14(20)18-10-3-1-2-4-11(10)21-6-5-17/h1-4,7-8H,6H2,(H,18,20). The molecule has 21 heavy (non-hydrogen) atoms. The van der Waals surface area contributed by atoms with Gasteiger partial charge in [0.25, 0.3) is 5.91 Å². The fraction of sp³-hybridized carbons (Fsp3) is 0.0714. The van der Waals surface area contributed by atoms with Gasteiger partial charge in [0.05, 0.1) is 5.69 Å². The van der Waals surface area contributed by atoms with Crippen LogP contribution in [0.5, 0.6) is 5.75 Å². The van der Waals surface area contributed by atoms with E-state index in [-0.39, 0.29) is 22.5 Å². The van der Waals surface area contributed by atoms with Crippen molar-refractivity contribution in [2.75, 3.05) is 11.9 Å². The Balaban J connectivity index is 2.21. The van der Waals surface area contributed by atoms with E-state index in [2.05, 4.69) is 10.3 Å². The monoisotopic (exact) mass is 321 g/mol. The van der Waals surface area contributed by atoms with Gasteiger partial charge in [-0.05, 0) is 24.3 Å². The summed E-state index contributed by atoms with van der Waals surface area (Å²) in [5.41, 5.74) is 0.719. The first-order valence-corrected chi connectivity index (χ1v) is 6.59. The second-order valence-electron chi connectivity index (χ2n) is 3.90. The van der Waals surface area contributed by atoms with E-state index < -0.39 is 5.91 Å². The van der Waals surface area contributed by atoms with E-state index >= 15 is 0 Å². The molecule has 0 atom stereocenters. The number of para-hydroxylation sites is 2. The number of halogens is 2. The minimum atomic E-state index is -0.408. The van der Waals surface area contributed by atoms with Crippen molar-refractivity contribution in [1.82, 2.24) is 4.98 Å². The zero-order valence-corrected chi connectivity index (χ0v) is 12.1. The molecular weight excluding hydrogens is 313 g/mol. The molecule has 1 aromatic heterocycles. The van der Waals surface area contributed by atoms with Crippen LogP contribution in [0.15, 0.2) is 36.4 Å². The lowest BCUT2D eigenvalue weighted by Gasteiger charge is -2.10. The van der Waals surface area contributed by atoms with Gasteiger partial charge in [-0.15, -0.1) is 0 Å². The van der Waals surface area contributed by atoms with Crippen molar-refractivity contribution in [3.8, 4) is 11.8 Å². The van der Waals surface area contributed by atoms with Crippen LogP contribution < -0.4 is 10.1 Å². The Labute approximate surface area is 131 Å². The molecule has 7 heteroatoms. The van der Waals surface area contributed by atoms with Gasteiger partial charge in [0, 0.05) is 5.56 Å². The number of hydrogen-bond acceptors (Lipinski definition) is 4. The van der Waals surface area contributed by atoms with Crippen molar-refractivity contribution < 1.29 is 9.53 Å². The van der Waals surface area contributed by atoms with Crippen LogP contribution in [0.2, 0.25) is 10.3 Å². The molecule has 1 N–H and O–H groups in total. The summed E-state index contributed by atoms with van der Waals surface area (Å²) in [7, 11) is 0. The van der Waals surface area contributed by atoms with Gasteiger partial charge in [0.1, 0.15) is 22.1 Å². The zero-order valence-electron chi connectivity index (χ0n) is 10.6. The zero-order chi connectivity index (χ0) is 15.2. The van der Waals surface area contributed by atoms with Crippen molar-refractivity contribution in [3.05, 3.63) is 52.3 Å². The van der Waals surface area contributed by atoms with Gasteiger partial charge < -0.3 is 10.1 Å². The quantitative estimate of drug-likeness (QED) is 0.874. The first-order valence-electron chi connectivity index (χ1n) is 5.83. The first kappa shape index (κ1) is 15.1. The molecule has 0 bridgehead atoms. The minimum Gasteiger partial charge on any atom is -0.477 e. The Morgan fingerprint density at radius 1 is 1.29 bits per heavy atom. The van der Waals surface area contributed by atoms with Gasteiger partial charge in [-0.1, -0.05) is 35.3 Å². The third-order valence-corrected chi connectivity index (χ3v) is 2.84. The molecule has 0 unspecified atom stereocenters. The summed E-state index contributed by atoms with van der Waals surface area (Å²) in [6.45, 7) is -0.111. The topological polar surface area (TPSA) is 75.0 Å². The van der Waals surface area contributed by atoms with E-state index in [1.54, 1.807) is 24.3 Å². The van der Waals surface area contributed by atoms with Crippen molar-refractivity contribution in [2.24, 2.45) is 0 Å². The number of rotatable bonds is 4. The predicted molar refractivity (Wildman–Crippen MR) is 79.8 cm³/mol. The molecule has 2 aromatic rings. The Bertz CT molecular complexity index is 693. The molecule has 2 rings (SSSR count). The average Bonchev–Trinajstić information content (AvgIpc) is 2.45. The number of nitriles is 1. The molecular formula is C14H9Cl2N3O2. The fourth-order valence-corrected chi connectivity index (χ4v) is 2.06. The summed E-state index contributed by atoms with van der Waals surface area (Å²) in [4.78, 5) is 15.9. The fourth-order valence-electron chi connectivity index (χ4n) is 1.60. The number of amides is 1. The van der Waals surface area contributed by atoms with Gasteiger partial charge in [-0.3, -0.25) is 4.79 Å². The van der Waals surface area contributed by atoms with E-state index in [1.165, 1.54) is 12.1 Å². The molecule has 0 saturated heterocycles. The summed E-state index contributed by atoms with van der Waals surface area (Å²) in [5.74, 6) is -0.00661. The van der Waals surface area contributed by atoms with Crippen LogP contribution in [0.3, 0.4) is 0 Å². The lowest BCUT2D eigenvalue weighted by molar-refractivity contribution is 0.102. The third kappa shape index (κ3) is 4.09. The maximum absolute atomic E-state index is 12.2. The summed E-state index contributed by atoms with van der Waals surface area (Å²) in [6.07, 6.45) is 0. The van der Waals surface area contributed by atoms with E-state index in [9.17, 15) is 4.79 Å². The maximum atomic E-state index is 12.2. The van der Waals surface area contributed by atoms with Crippen LogP contribution in [0.25, 0.3) is 0 Å². The molecule has 0 aliphatic carbocycles. The lowest BCUT2D eigenvalue weighted by atomic mass is 10.2. The largest absolute Gasteiger partial charge is 0.477 e. The van der Waals surface area contributed by atoms with Crippen LogP contribution in [-0.4, -0.2) is 17.5 Å². The highest BCUT2D eigenvalue weighted by molar-refractivity contribution is 6.33. The van der Waals surface area contributed by atoms with E-state index in [0.717, 1.165) is 0 Å². The molecule has 0 aliphatic heterocycles. The van der Waals surface area contributed by atoms with Crippen LogP contribution in [0.1, 0.15) is 10.4 Å². The maximum Gasteiger partial charge on any atom is 0.255 e. The van der Waals surface area contributed by atoms with Crippen LogP contribution in [-0.2, 0) is 0 Å². The number of benzene rings is 1. The highest BCUT2D eigenvalue weighted by Crippen LogP contribution is 2.25. The Morgan fingerprint density at radius 3 is 2.62 bits per heavy atom. The molecule has 0 radical (unpaired) electrons. The number of nitrogens with one attached hydrogen (secondary N) is 1. The molecule has 1 aromatic carbocycles. The number of carbonyl (C=O) groups excluding carboxylic acids is 1. The number of aromatic nitrogens is 1. The molecule has 106 valence electrons. The normalized spacial score (nSPS) is 9.76. The van der Waals surface area contributed by atoms with Crippen LogP contribution in [0, 0.1) is 11.3 Å². The molecule has 1 amide bonds. The second-order valence-corrected chi connectivity index (χ2v) is 4.67. The van der Waals surface area contributed by atoms with Crippen molar-refractivity contribution in [3.63, 3.8) is 0 Å². The van der Waals surface area contributed by atoms with Gasteiger partial charge in [-0.2, -0.15) is 5.26 Å². The average molecular weight is 322 g/mol. The SMILES string of the molecule is N#CCOc1ccccc1NC(=O)c1cc(Cl)nc(Cl)c1. The van der Waals surface area contributed by atoms with Crippen molar-refractivity contribution in [1.29, 1.82) is 5.26 Å².